The van der Waals surface area contributed by atoms with Crippen molar-refractivity contribution in [1.82, 2.24) is 0 Å². The van der Waals surface area contributed by atoms with Crippen molar-refractivity contribution in [3.63, 3.8) is 0 Å². The summed E-state index contributed by atoms with van der Waals surface area (Å²) in [4.78, 5) is 0. The fourth-order valence-corrected chi connectivity index (χ4v) is 0.821. The van der Waals surface area contributed by atoms with Gasteiger partial charge in [0.2, 0.25) is 0 Å². The van der Waals surface area contributed by atoms with Crippen LogP contribution in [0.1, 0.15) is 25.7 Å². The van der Waals surface area contributed by atoms with Gasteiger partial charge in [-0.05, 0) is 12.8 Å². The monoisotopic (exact) mass is 157 g/mol. The molecule has 0 rings (SSSR count). The predicted molar refractivity (Wildman–Crippen MR) is 46.7 cm³/mol. The van der Waals surface area contributed by atoms with Crippen LogP contribution in [-0.4, -0.2) is 23.1 Å². The van der Waals surface area contributed by atoms with Gasteiger partial charge in [-0.25, -0.2) is 5.84 Å². The minimum absolute atomic E-state index is 0.268. The number of hydrazone groups is 1. The number of rotatable bonds is 6. The molecule has 0 aromatic carbocycles. The summed E-state index contributed by atoms with van der Waals surface area (Å²) in [5.74, 6) is 5.56. The summed E-state index contributed by atoms with van der Waals surface area (Å²) in [6, 6.07) is 0. The van der Waals surface area contributed by atoms with E-state index in [0.29, 0.717) is 6.42 Å². The van der Waals surface area contributed by atoms with E-state index in [-0.39, 0.29) is 5.76 Å². The number of hydrogen-bond acceptors (Lipinski definition) is 2. The molecule has 0 amide bonds. The molecule has 0 unspecified atom stereocenters. The lowest BCUT2D eigenvalue weighted by Crippen LogP contribution is -2.18. The van der Waals surface area contributed by atoms with Crippen LogP contribution in [0.2, 0.25) is 0 Å². The second-order valence-electron chi connectivity index (χ2n) is 2.69. The number of aliphatic hydroxyl groups is 1. The average molecular weight is 157 g/mol. The molecule has 3 heteroatoms. The largest absolute Gasteiger partial charge is 0.513 e. The Balaban J connectivity index is 3.03. The SMILES string of the molecule is C=C(O)CCCCC[N+](=C)N. The van der Waals surface area contributed by atoms with E-state index in [0.717, 1.165) is 25.8 Å². The molecule has 0 aromatic heterocycles. The Morgan fingerprint density at radius 1 is 1.36 bits per heavy atom. The van der Waals surface area contributed by atoms with E-state index in [1.54, 1.807) is 0 Å². The molecule has 11 heavy (non-hydrogen) atoms. The van der Waals surface area contributed by atoms with Gasteiger partial charge in [0, 0.05) is 12.8 Å². The molecule has 0 radical (unpaired) electrons. The Hall–Kier alpha value is -0.990. The van der Waals surface area contributed by atoms with Crippen LogP contribution in [0.4, 0.5) is 0 Å². The molecular formula is C8H17N2O+. The van der Waals surface area contributed by atoms with Crippen molar-refractivity contribution in [3.8, 4) is 0 Å². The molecule has 0 aromatic rings. The highest BCUT2D eigenvalue weighted by molar-refractivity contribution is 5.13. The van der Waals surface area contributed by atoms with Crippen LogP contribution in [0.3, 0.4) is 0 Å². The third-order valence-corrected chi connectivity index (χ3v) is 1.41. The van der Waals surface area contributed by atoms with Gasteiger partial charge >= 0.3 is 0 Å². The second-order valence-corrected chi connectivity index (χ2v) is 2.69. The molecule has 0 fully saturated rings. The molecule has 3 nitrogen and oxygen atoms in total. The third-order valence-electron chi connectivity index (χ3n) is 1.41. The summed E-state index contributed by atoms with van der Waals surface area (Å²) in [6.07, 6.45) is 3.75. The fraction of sp³-hybridized carbons (Fsp3) is 0.625. The first-order valence-electron chi connectivity index (χ1n) is 3.82. The summed E-state index contributed by atoms with van der Waals surface area (Å²) in [5, 5.41) is 8.72. The van der Waals surface area contributed by atoms with Gasteiger partial charge in [-0.1, -0.05) is 6.58 Å². The molecule has 0 aliphatic carbocycles. The van der Waals surface area contributed by atoms with E-state index in [2.05, 4.69) is 13.3 Å². The van der Waals surface area contributed by atoms with Crippen LogP contribution in [0, 0.1) is 0 Å². The standard InChI is InChI=1S/C8H16N2O/c1-8(11)6-4-3-5-7-10(2)9/h1-7,9H2/p+1. The Kier molecular flexibility index (Phi) is 5.25. The van der Waals surface area contributed by atoms with Gasteiger partial charge in [0.15, 0.2) is 13.3 Å². The lowest BCUT2D eigenvalue weighted by atomic mass is 10.2. The van der Waals surface area contributed by atoms with E-state index < -0.39 is 0 Å². The van der Waals surface area contributed by atoms with E-state index in [1.165, 1.54) is 4.68 Å². The van der Waals surface area contributed by atoms with Crippen LogP contribution >= 0.6 is 0 Å². The van der Waals surface area contributed by atoms with E-state index >= 15 is 0 Å². The summed E-state index contributed by atoms with van der Waals surface area (Å²) in [6.45, 7) is 7.71. The Morgan fingerprint density at radius 2 is 2.00 bits per heavy atom. The minimum Gasteiger partial charge on any atom is -0.513 e. The maximum Gasteiger partial charge on any atom is 0.170 e. The van der Waals surface area contributed by atoms with Crippen LogP contribution < -0.4 is 5.84 Å². The summed E-state index contributed by atoms with van der Waals surface area (Å²) in [5.41, 5.74) is 0. The van der Waals surface area contributed by atoms with Gasteiger partial charge in [0.1, 0.15) is 0 Å². The zero-order chi connectivity index (χ0) is 8.69. The van der Waals surface area contributed by atoms with E-state index in [4.69, 9.17) is 10.9 Å². The van der Waals surface area contributed by atoms with Gasteiger partial charge in [-0.2, -0.15) is 0 Å². The zero-order valence-corrected chi connectivity index (χ0v) is 6.92. The van der Waals surface area contributed by atoms with E-state index in [9.17, 15) is 0 Å². The average Bonchev–Trinajstić information content (AvgIpc) is 1.85. The second kappa shape index (κ2) is 5.77. The molecule has 0 bridgehead atoms. The lowest BCUT2D eigenvalue weighted by molar-refractivity contribution is -0.531. The van der Waals surface area contributed by atoms with Crippen molar-refractivity contribution in [2.75, 3.05) is 6.54 Å². The fourth-order valence-electron chi connectivity index (χ4n) is 0.821. The van der Waals surface area contributed by atoms with Gasteiger partial charge in [0.05, 0.1) is 5.76 Å². The molecule has 64 valence electrons. The lowest BCUT2D eigenvalue weighted by Gasteiger charge is -1.96. The molecular weight excluding hydrogens is 140 g/mol. The minimum atomic E-state index is 0.268. The van der Waals surface area contributed by atoms with Crippen molar-refractivity contribution in [3.05, 3.63) is 12.3 Å². The zero-order valence-electron chi connectivity index (χ0n) is 6.92. The van der Waals surface area contributed by atoms with Crippen molar-refractivity contribution in [1.29, 1.82) is 0 Å². The number of aliphatic hydroxyl groups excluding tert-OH is 1. The van der Waals surface area contributed by atoms with Crippen LogP contribution in [0.25, 0.3) is 0 Å². The highest BCUT2D eigenvalue weighted by atomic mass is 16.3. The number of hydrogen-bond donors (Lipinski definition) is 2. The third kappa shape index (κ3) is 9.01. The maximum absolute atomic E-state index is 8.72. The molecule has 0 aliphatic heterocycles. The topological polar surface area (TPSA) is 49.3 Å². The summed E-state index contributed by atoms with van der Waals surface area (Å²) in [7, 11) is 0. The summed E-state index contributed by atoms with van der Waals surface area (Å²) < 4.78 is 1.42. The quantitative estimate of drug-likeness (QED) is 0.152. The predicted octanol–water partition coefficient (Wildman–Crippen LogP) is 1.21. The van der Waals surface area contributed by atoms with Crippen molar-refractivity contribution in [2.24, 2.45) is 5.84 Å². The number of hydrazine groups is 1. The van der Waals surface area contributed by atoms with Crippen LogP contribution in [0.15, 0.2) is 12.3 Å². The highest BCUT2D eigenvalue weighted by Gasteiger charge is 1.95. The van der Waals surface area contributed by atoms with Crippen LogP contribution in [-0.2, 0) is 0 Å². The first kappa shape index (κ1) is 10.0. The van der Waals surface area contributed by atoms with Gasteiger partial charge < -0.3 is 5.11 Å². The smallest absolute Gasteiger partial charge is 0.170 e. The Morgan fingerprint density at radius 3 is 2.45 bits per heavy atom. The molecule has 3 N–H and O–H groups in total. The highest BCUT2D eigenvalue weighted by Crippen LogP contribution is 2.03. The molecule has 0 heterocycles. The maximum atomic E-state index is 8.72. The van der Waals surface area contributed by atoms with Gasteiger partial charge in [-0.3, -0.25) is 0 Å². The molecule has 0 saturated heterocycles. The van der Waals surface area contributed by atoms with Crippen molar-refractivity contribution < 1.29 is 9.79 Å². The first-order valence-corrected chi connectivity index (χ1v) is 3.82. The Bertz CT molecular complexity index is 127. The molecule has 0 atom stereocenters. The normalized spacial score (nSPS) is 9.45. The number of allylic oxidation sites excluding steroid dienone is 1. The molecule has 0 aliphatic rings. The molecule has 0 saturated carbocycles. The first-order chi connectivity index (χ1) is 5.13. The van der Waals surface area contributed by atoms with E-state index in [1.807, 2.05) is 0 Å². The summed E-state index contributed by atoms with van der Waals surface area (Å²) >= 11 is 0. The molecule has 0 spiro atoms. The Labute approximate surface area is 67.8 Å². The van der Waals surface area contributed by atoms with Crippen molar-refractivity contribution >= 4 is 6.72 Å². The van der Waals surface area contributed by atoms with Gasteiger partial charge in [0.25, 0.3) is 0 Å². The van der Waals surface area contributed by atoms with Crippen molar-refractivity contribution in [2.45, 2.75) is 25.7 Å². The van der Waals surface area contributed by atoms with Gasteiger partial charge in [-0.15, -0.1) is 4.68 Å². The number of unbranched alkanes of at least 4 members (excludes halogenated alkanes) is 2. The van der Waals surface area contributed by atoms with Crippen LogP contribution in [0.5, 0.6) is 0 Å². The number of nitrogens with zero attached hydrogens (tertiary/aromatic N) is 1. The number of nitrogens with two attached hydrogens (primary N) is 1.